The van der Waals surface area contributed by atoms with Gasteiger partial charge in [-0.2, -0.15) is 0 Å². The average Bonchev–Trinajstić information content (AvgIpc) is 3.87. The molecule has 9 N–H and O–H groups in total. The molecule has 4 aliphatic heterocycles. The molecule has 0 aromatic carbocycles. The van der Waals surface area contributed by atoms with Crippen molar-refractivity contribution in [3.8, 4) is 0 Å². The molecule has 1 amide bonds. The van der Waals surface area contributed by atoms with Crippen molar-refractivity contribution in [1.82, 2.24) is 20.2 Å². The largest absolute Gasteiger partial charge is 0.478 e. The van der Waals surface area contributed by atoms with Gasteiger partial charge in [0.1, 0.15) is 29.3 Å². The van der Waals surface area contributed by atoms with Crippen LogP contribution in [0.15, 0.2) is 30.0 Å². The second kappa shape index (κ2) is 18.8. The summed E-state index contributed by atoms with van der Waals surface area (Å²) in [6.07, 6.45) is 19.1. The number of hydrogen-bond acceptors (Lipinski definition) is 18. The summed E-state index contributed by atoms with van der Waals surface area (Å²) in [4.78, 5) is 34.6. The van der Waals surface area contributed by atoms with Crippen molar-refractivity contribution in [1.29, 1.82) is 0 Å². The number of rotatable bonds is 16. The Labute approximate surface area is 391 Å². The summed E-state index contributed by atoms with van der Waals surface area (Å²) in [6, 6.07) is 0. The lowest BCUT2D eigenvalue weighted by Gasteiger charge is -2.58. The van der Waals surface area contributed by atoms with Crippen molar-refractivity contribution >= 4 is 53.4 Å². The van der Waals surface area contributed by atoms with Crippen LogP contribution in [0.25, 0.3) is 0 Å². The first-order valence-electron chi connectivity index (χ1n) is 24.1. The number of aliphatic hydroxyl groups is 3. The molecule has 4 aliphatic carbocycles. The summed E-state index contributed by atoms with van der Waals surface area (Å²) >= 11 is 1.11. The number of hydrogen-bond donors (Lipinski definition) is 7. The number of carbonyl (C=O) groups excluding carboxylic acids is 2. The fraction of sp³-hybridized carbons (Fsp3) is 0.761. The van der Waals surface area contributed by atoms with Gasteiger partial charge in [0.05, 0.1) is 24.9 Å². The van der Waals surface area contributed by atoms with Crippen molar-refractivity contribution < 1.29 is 52.9 Å². The number of nitrogen functional groups attached to an aromatic ring is 2. The number of aliphatic hydroxyl groups excluding tert-OH is 3. The molecule has 5 heterocycles. The molecular formula is C46H70N7O11PS. The fourth-order valence-electron chi connectivity index (χ4n) is 13.2. The van der Waals surface area contributed by atoms with E-state index < -0.39 is 30.7 Å². The zero-order chi connectivity index (χ0) is 46.6. The van der Waals surface area contributed by atoms with Gasteiger partial charge in [-0.25, -0.2) is 9.97 Å². The topological polar surface area (TPSA) is 259 Å². The first-order chi connectivity index (χ1) is 31.5. The molecule has 13 unspecified atom stereocenters. The van der Waals surface area contributed by atoms with Crippen LogP contribution in [0.1, 0.15) is 124 Å². The minimum absolute atomic E-state index is 0.00446. The molecule has 9 rings (SSSR count). The highest BCUT2D eigenvalue weighted by Gasteiger charge is 2.75. The van der Waals surface area contributed by atoms with E-state index in [9.17, 15) is 24.9 Å². The first kappa shape index (κ1) is 47.6. The van der Waals surface area contributed by atoms with Crippen molar-refractivity contribution in [3.05, 3.63) is 30.0 Å². The van der Waals surface area contributed by atoms with Crippen LogP contribution in [0, 0.1) is 40.9 Å². The molecule has 14 atom stereocenters. The van der Waals surface area contributed by atoms with E-state index in [0.29, 0.717) is 72.1 Å². The summed E-state index contributed by atoms with van der Waals surface area (Å²) in [5, 5.41) is 37.6. The van der Waals surface area contributed by atoms with E-state index in [4.69, 9.17) is 39.5 Å². The molecule has 3 saturated heterocycles. The van der Waals surface area contributed by atoms with Gasteiger partial charge in [0, 0.05) is 25.8 Å². The molecule has 7 fully saturated rings. The maximum absolute atomic E-state index is 13.3. The zero-order valence-corrected chi connectivity index (χ0v) is 40.2. The maximum atomic E-state index is 13.3. The molecule has 1 aromatic heterocycles. The quantitative estimate of drug-likeness (QED) is 0.0406. The Bertz CT molecular complexity index is 2120. The highest BCUT2D eigenvalue weighted by Crippen LogP contribution is 2.72. The summed E-state index contributed by atoms with van der Waals surface area (Å²) in [6.45, 7) is 3.79. The van der Waals surface area contributed by atoms with Crippen LogP contribution in [0.3, 0.4) is 0 Å². The molecule has 366 valence electrons. The molecule has 1 aromatic rings. The molecule has 8 aliphatic rings. The number of carbonyl (C=O) groups is 2. The van der Waals surface area contributed by atoms with Gasteiger partial charge in [-0.05, 0) is 155 Å². The Hall–Kier alpha value is -3.45. The van der Waals surface area contributed by atoms with Gasteiger partial charge in [0.15, 0.2) is 23.3 Å². The monoisotopic (exact) mass is 959 g/mol. The fourth-order valence-corrected chi connectivity index (χ4v) is 16.1. The Morgan fingerprint density at radius 3 is 2.76 bits per heavy atom. The van der Waals surface area contributed by atoms with Crippen molar-refractivity contribution in [2.75, 3.05) is 35.9 Å². The third kappa shape index (κ3) is 9.47. The van der Waals surface area contributed by atoms with Gasteiger partial charge in [-0.15, -0.1) is 0 Å². The molecule has 1 spiro atoms. The van der Waals surface area contributed by atoms with Crippen molar-refractivity contribution in [3.63, 3.8) is 0 Å². The van der Waals surface area contributed by atoms with Crippen LogP contribution < -0.4 is 22.1 Å². The van der Waals surface area contributed by atoms with Crippen LogP contribution in [0.5, 0.6) is 0 Å². The van der Waals surface area contributed by atoms with Crippen LogP contribution >= 0.6 is 17.9 Å². The van der Waals surface area contributed by atoms with Crippen LogP contribution in [-0.2, 0) is 37.6 Å². The van der Waals surface area contributed by atoms with E-state index in [1.54, 1.807) is 6.08 Å². The summed E-state index contributed by atoms with van der Waals surface area (Å²) in [5.41, 5.74) is 11.7. The van der Waals surface area contributed by atoms with Gasteiger partial charge in [-0.3, -0.25) is 14.5 Å². The number of anilines is 3. The third-order valence-corrected chi connectivity index (χ3v) is 20.3. The highest BCUT2D eigenvalue weighted by atomic mass is 32.7. The van der Waals surface area contributed by atoms with Gasteiger partial charge in [-0.1, -0.05) is 13.8 Å². The van der Waals surface area contributed by atoms with Gasteiger partial charge >= 0.3 is 11.9 Å². The predicted octanol–water partition coefficient (Wildman–Crippen LogP) is 6.45. The van der Waals surface area contributed by atoms with Gasteiger partial charge in [0.2, 0.25) is 18.8 Å². The number of epoxide rings is 1. The number of fused-ring (bicyclic) bond motifs is 4. The zero-order valence-electron chi connectivity index (χ0n) is 38.5. The smallest absolute Gasteiger partial charge is 0.324 e. The second-order valence-electron chi connectivity index (χ2n) is 20.6. The molecular weight excluding hydrogens is 890 g/mol. The Morgan fingerprint density at radius 2 is 1.95 bits per heavy atom. The molecule has 20 heteroatoms. The van der Waals surface area contributed by atoms with E-state index >= 15 is 0 Å². The second-order valence-corrected chi connectivity index (χ2v) is 25.2. The third-order valence-electron chi connectivity index (χ3n) is 16.6. The average molecular weight is 960 g/mol. The van der Waals surface area contributed by atoms with Gasteiger partial charge < -0.3 is 65.4 Å². The van der Waals surface area contributed by atoms with E-state index in [1.807, 2.05) is 6.92 Å². The number of esters is 1. The lowest BCUT2D eigenvalue weighted by molar-refractivity contribution is -0.141. The van der Waals surface area contributed by atoms with E-state index in [0.717, 1.165) is 49.9 Å². The van der Waals surface area contributed by atoms with Crippen molar-refractivity contribution in [2.45, 2.75) is 159 Å². The molecule has 66 heavy (non-hydrogen) atoms. The predicted molar refractivity (Wildman–Crippen MR) is 249 cm³/mol. The number of nitrogens with one attached hydrogen (secondary N) is 2. The van der Waals surface area contributed by atoms with E-state index in [-0.39, 0.29) is 85.1 Å². The number of nitrogens with two attached hydrogens (primary N) is 2. The molecule has 18 nitrogen and oxygen atoms in total. The number of allylic oxidation sites excluding steroid dienone is 1. The Balaban J connectivity index is 0.784. The van der Waals surface area contributed by atoms with Crippen LogP contribution in [0.2, 0.25) is 0 Å². The number of amides is 1. The normalized spacial score (nSPS) is 38.5. The summed E-state index contributed by atoms with van der Waals surface area (Å²) in [7, 11) is 0. The van der Waals surface area contributed by atoms with Crippen LogP contribution in [-0.4, -0.2) is 103 Å². The minimum atomic E-state index is -3.23. The Kier molecular flexibility index (Phi) is 13.6. The molecule has 0 radical (unpaired) electrons. The lowest BCUT2D eigenvalue weighted by Crippen LogP contribution is -2.54. The lowest BCUT2D eigenvalue weighted by atomic mass is 9.46. The van der Waals surface area contributed by atoms with Crippen molar-refractivity contribution in [2.24, 2.45) is 40.9 Å². The summed E-state index contributed by atoms with van der Waals surface area (Å²) in [5.74, 6) is 3.06. The number of nitrogens with zero attached hydrogens (tertiary/aromatic N) is 3. The SMILES string of the molecule is C=P(OCC1CCC[C@@](C)(Nc2ncnc(N)c2N)O1)(OC1=C(O)OC(N2CCC(=O)NC2O)=CC1)SCOC(=O)CCCC(C)C1CCC2C3CCC4CC(O)CCC4(C)C3CC3OC312. The van der Waals surface area contributed by atoms with Crippen LogP contribution in [0.4, 0.5) is 17.3 Å². The van der Waals surface area contributed by atoms with E-state index in [2.05, 4.69) is 40.7 Å². The number of aromatic nitrogens is 2. The van der Waals surface area contributed by atoms with E-state index in [1.165, 1.54) is 36.9 Å². The maximum Gasteiger partial charge on any atom is 0.324 e. The minimum Gasteiger partial charge on any atom is -0.478 e. The standard InChI is InChI=1S/C46H70N7O11PS/c1-26(31-12-13-32-30-11-10-27-21-28(54)16-19-44(27,2)33(30)22-35-46(31,32)63-35)7-5-9-38(56)59-25-66-65(4,64-34-14-15-37(61-42(34)57)53-20-17-36(55)51-43(53)58)60-23-29-8-6-18-45(3,62-29)52-41-39(47)40(48)49-24-50-41/h15,24,26-33,35,43,54,57-58H,4-14,16-23,25,47H2,1-3H3,(H,51,55)(H3,48,49,50,52)/t26?,27?,28?,29?,30?,31?,32?,33?,35?,43?,44?,45-,46?,65?/m0/s1. The number of ether oxygens (including phenoxy) is 4. The first-order valence-corrected chi connectivity index (χ1v) is 27.5. The molecule has 0 bridgehead atoms. The highest BCUT2D eigenvalue weighted by molar-refractivity contribution is 8.57. The van der Waals surface area contributed by atoms with Gasteiger partial charge in [0.25, 0.3) is 0 Å². The summed E-state index contributed by atoms with van der Waals surface area (Å²) < 4.78 is 37.5. The Morgan fingerprint density at radius 1 is 1.12 bits per heavy atom. The molecule has 4 saturated carbocycles.